The standard InChI is InChI=1S/C10H17N6O12P3/c11-8-5-9(13-2-12-8)16(3-14-5)10-7(18)6(17)4(27-10)1-26-31(24,25)28-30(22,23)15-29(19,20)21/h2-4,6-7,10,17-18H,1H2,(H,24,25)(H2,11,12,13)(H4,15,19,20,21,22,23)/t4-,6-,7-,10?/m1/s1. The lowest BCUT2D eigenvalue weighted by molar-refractivity contribution is -0.0502. The minimum atomic E-state index is -5.45. The molecule has 3 unspecified atom stereocenters. The highest BCUT2D eigenvalue weighted by Gasteiger charge is 2.46. The van der Waals surface area contributed by atoms with Gasteiger partial charge in [-0.3, -0.25) is 9.09 Å². The number of nitrogens with one attached hydrogen (secondary N) is 1. The molecular formula is C10H17N6O12P3. The zero-order valence-corrected chi connectivity index (χ0v) is 17.7. The molecule has 3 rings (SSSR count). The summed E-state index contributed by atoms with van der Waals surface area (Å²) in [5.41, 5.74) is 6.02. The van der Waals surface area contributed by atoms with Crippen LogP contribution in [0.25, 0.3) is 11.2 Å². The third-order valence-corrected chi connectivity index (χ3v) is 8.11. The molecule has 0 amide bonds. The summed E-state index contributed by atoms with van der Waals surface area (Å²) in [6.45, 7) is -0.928. The van der Waals surface area contributed by atoms with Crippen molar-refractivity contribution in [1.29, 1.82) is 0 Å². The monoisotopic (exact) mass is 506 g/mol. The van der Waals surface area contributed by atoms with Gasteiger partial charge in [0, 0.05) is 0 Å². The number of hydrogen-bond donors (Lipinski definition) is 8. The third-order valence-electron chi connectivity index (χ3n) is 3.87. The molecule has 1 fully saturated rings. The van der Waals surface area contributed by atoms with Crippen LogP contribution in [0.1, 0.15) is 6.23 Å². The Morgan fingerprint density at radius 1 is 1.13 bits per heavy atom. The average Bonchev–Trinajstić information content (AvgIpc) is 3.13. The summed E-state index contributed by atoms with van der Waals surface area (Å²) < 4.78 is 48.9. The van der Waals surface area contributed by atoms with Crippen molar-refractivity contribution < 1.29 is 57.1 Å². The minimum Gasteiger partial charge on any atom is -0.387 e. The van der Waals surface area contributed by atoms with Gasteiger partial charge in [0.1, 0.15) is 30.2 Å². The summed E-state index contributed by atoms with van der Waals surface area (Å²) in [6, 6.07) is 0. The van der Waals surface area contributed by atoms with E-state index in [0.717, 1.165) is 11.2 Å². The van der Waals surface area contributed by atoms with Crippen molar-refractivity contribution in [3.8, 4) is 0 Å². The molecule has 0 radical (unpaired) electrons. The highest BCUT2D eigenvalue weighted by molar-refractivity contribution is 7.70. The molecule has 0 bridgehead atoms. The van der Waals surface area contributed by atoms with Gasteiger partial charge in [0.15, 0.2) is 17.7 Å². The maximum atomic E-state index is 11.8. The Labute approximate surface area is 172 Å². The lowest BCUT2D eigenvalue weighted by atomic mass is 10.1. The molecule has 9 N–H and O–H groups in total. The average molecular weight is 506 g/mol. The van der Waals surface area contributed by atoms with Gasteiger partial charge in [-0.05, 0) is 0 Å². The quantitative estimate of drug-likeness (QED) is 0.179. The Morgan fingerprint density at radius 3 is 2.45 bits per heavy atom. The second-order valence-corrected chi connectivity index (χ2v) is 10.9. The number of aromatic nitrogens is 4. The molecule has 6 atom stereocenters. The molecule has 0 aliphatic carbocycles. The number of fused-ring (bicyclic) bond motifs is 1. The summed E-state index contributed by atoms with van der Waals surface area (Å²) in [4.78, 5) is 48.5. The van der Waals surface area contributed by atoms with Gasteiger partial charge >= 0.3 is 23.3 Å². The van der Waals surface area contributed by atoms with Crippen LogP contribution < -0.4 is 10.6 Å². The lowest BCUT2D eigenvalue weighted by Gasteiger charge is -2.19. The Morgan fingerprint density at radius 2 is 1.81 bits per heavy atom. The van der Waals surface area contributed by atoms with Crippen molar-refractivity contribution in [2.24, 2.45) is 0 Å². The molecule has 3 heterocycles. The molecule has 0 aromatic carbocycles. The maximum Gasteiger partial charge on any atom is 0.480 e. The van der Waals surface area contributed by atoms with E-state index < -0.39 is 54.5 Å². The fourth-order valence-corrected chi connectivity index (χ4v) is 6.10. The van der Waals surface area contributed by atoms with Crippen LogP contribution in [-0.4, -0.2) is 74.2 Å². The fourth-order valence-electron chi connectivity index (χ4n) is 2.67. The van der Waals surface area contributed by atoms with Gasteiger partial charge in [-0.25, -0.2) is 28.6 Å². The summed E-state index contributed by atoms with van der Waals surface area (Å²) >= 11 is 0. The zero-order chi connectivity index (χ0) is 23.2. The lowest BCUT2D eigenvalue weighted by Crippen LogP contribution is -2.33. The first-order valence-corrected chi connectivity index (χ1v) is 12.7. The second-order valence-electron chi connectivity index (χ2n) is 6.14. The number of aliphatic hydroxyl groups is 2. The summed E-state index contributed by atoms with van der Waals surface area (Å²) in [7, 11) is -16.1. The molecule has 1 saturated heterocycles. The number of nitrogen functional groups attached to an aromatic ring is 1. The SMILES string of the molecule is Nc1ncnc2c1ncn2C1O[C@H](COP(=O)(O)OP(=O)(O)NP(=O)(O)O)[C@@H](O)[C@H]1O. The molecular weight excluding hydrogens is 489 g/mol. The number of aliphatic hydroxyl groups excluding tert-OH is 2. The highest BCUT2D eigenvalue weighted by Crippen LogP contribution is 2.61. The first-order chi connectivity index (χ1) is 14.2. The highest BCUT2D eigenvalue weighted by atomic mass is 31.3. The molecule has 2 aromatic rings. The third kappa shape index (κ3) is 5.71. The van der Waals surface area contributed by atoms with Gasteiger partial charge in [0.25, 0.3) is 0 Å². The summed E-state index contributed by atoms with van der Waals surface area (Å²) in [5.74, 6) is 0.0485. The molecule has 31 heavy (non-hydrogen) atoms. The van der Waals surface area contributed by atoms with Gasteiger partial charge in [-0.15, -0.1) is 4.86 Å². The van der Waals surface area contributed by atoms with Gasteiger partial charge < -0.3 is 40.3 Å². The number of imidazole rings is 1. The number of anilines is 1. The van der Waals surface area contributed by atoms with Crippen molar-refractivity contribution in [3.05, 3.63) is 12.7 Å². The van der Waals surface area contributed by atoms with E-state index in [4.69, 9.17) is 20.3 Å². The van der Waals surface area contributed by atoms with Crippen molar-refractivity contribution in [1.82, 2.24) is 24.4 Å². The van der Waals surface area contributed by atoms with Crippen molar-refractivity contribution >= 4 is 40.3 Å². The minimum absolute atomic E-state index is 0.0485. The number of rotatable bonds is 8. The van der Waals surface area contributed by atoms with E-state index in [-0.39, 0.29) is 17.0 Å². The zero-order valence-electron chi connectivity index (χ0n) is 15.0. The second kappa shape index (κ2) is 8.53. The van der Waals surface area contributed by atoms with E-state index in [9.17, 15) is 33.7 Å². The Kier molecular flexibility index (Phi) is 6.68. The number of nitrogens with zero attached hydrogens (tertiary/aromatic N) is 4. The Balaban J connectivity index is 1.69. The number of phosphoric acid groups is 1. The van der Waals surface area contributed by atoms with Gasteiger partial charge in [0.2, 0.25) is 0 Å². The van der Waals surface area contributed by atoms with Crippen LogP contribution in [-0.2, 0) is 27.3 Å². The Hall–Kier alpha value is -1.36. The molecule has 0 spiro atoms. The van der Waals surface area contributed by atoms with E-state index >= 15 is 0 Å². The van der Waals surface area contributed by atoms with Crippen molar-refractivity contribution in [2.75, 3.05) is 12.3 Å². The number of ether oxygens (including phenoxy) is 1. The summed E-state index contributed by atoms with van der Waals surface area (Å²) in [5, 5.41) is 20.4. The van der Waals surface area contributed by atoms with Crippen LogP contribution in [0.2, 0.25) is 0 Å². The first kappa shape index (κ1) is 24.3. The van der Waals surface area contributed by atoms with E-state index in [1.165, 1.54) is 10.9 Å². The van der Waals surface area contributed by atoms with Crippen LogP contribution in [0.3, 0.4) is 0 Å². The first-order valence-electron chi connectivity index (χ1n) is 8.00. The van der Waals surface area contributed by atoms with Crippen LogP contribution in [0, 0.1) is 0 Å². The summed E-state index contributed by atoms with van der Waals surface area (Å²) in [6.07, 6.45) is -3.62. The normalized spacial score (nSPS) is 28.5. The number of hydrogen-bond acceptors (Lipinski definition) is 12. The predicted octanol–water partition coefficient (Wildman–Crippen LogP) is -2.06. The molecule has 1 aliphatic rings. The van der Waals surface area contributed by atoms with Crippen molar-refractivity contribution in [3.63, 3.8) is 0 Å². The van der Waals surface area contributed by atoms with Crippen LogP contribution >= 0.6 is 23.3 Å². The van der Waals surface area contributed by atoms with E-state index in [0.29, 0.717) is 0 Å². The van der Waals surface area contributed by atoms with E-state index in [2.05, 4.69) is 23.8 Å². The fraction of sp³-hybridized carbons (Fsp3) is 0.500. The largest absolute Gasteiger partial charge is 0.480 e. The van der Waals surface area contributed by atoms with Crippen LogP contribution in [0.15, 0.2) is 12.7 Å². The Bertz CT molecular complexity index is 1110. The predicted molar refractivity (Wildman–Crippen MR) is 97.5 cm³/mol. The molecule has 2 aromatic heterocycles. The van der Waals surface area contributed by atoms with E-state index in [1.54, 1.807) is 0 Å². The number of nitrogens with two attached hydrogens (primary N) is 1. The van der Waals surface area contributed by atoms with Gasteiger partial charge in [0.05, 0.1) is 12.9 Å². The van der Waals surface area contributed by atoms with Crippen LogP contribution in [0.4, 0.5) is 5.82 Å². The topological polar surface area (TPSA) is 282 Å². The van der Waals surface area contributed by atoms with Gasteiger partial charge in [-0.1, -0.05) is 0 Å². The maximum absolute atomic E-state index is 11.8. The molecule has 18 nitrogen and oxygen atoms in total. The van der Waals surface area contributed by atoms with Crippen LogP contribution in [0.5, 0.6) is 0 Å². The smallest absolute Gasteiger partial charge is 0.387 e. The molecule has 1 aliphatic heterocycles. The van der Waals surface area contributed by atoms with Gasteiger partial charge in [-0.2, -0.15) is 4.31 Å². The molecule has 21 heteroatoms. The molecule has 174 valence electrons. The van der Waals surface area contributed by atoms with E-state index in [1.807, 2.05) is 0 Å². The van der Waals surface area contributed by atoms with Crippen molar-refractivity contribution in [2.45, 2.75) is 24.5 Å². The molecule has 0 saturated carbocycles. The number of phosphoric ester groups is 1.